The number of para-hydroxylation sites is 1. The molecule has 2 rings (SSSR count). The molecule has 0 amide bonds. The summed E-state index contributed by atoms with van der Waals surface area (Å²) in [5, 5.41) is 13.8. The Hall–Kier alpha value is -2.01. The van der Waals surface area contributed by atoms with Crippen LogP contribution in [0.25, 0.3) is 0 Å². The highest BCUT2D eigenvalue weighted by Crippen LogP contribution is 2.25. The van der Waals surface area contributed by atoms with E-state index in [1.807, 2.05) is 36.6 Å². The molecule has 1 aromatic carbocycles. The van der Waals surface area contributed by atoms with E-state index in [1.165, 1.54) is 0 Å². The van der Waals surface area contributed by atoms with Crippen LogP contribution < -0.4 is 10.5 Å². The van der Waals surface area contributed by atoms with Crippen LogP contribution in [0.3, 0.4) is 0 Å². The Morgan fingerprint density at radius 1 is 1.39 bits per heavy atom. The van der Waals surface area contributed by atoms with Crippen molar-refractivity contribution in [1.29, 1.82) is 0 Å². The lowest BCUT2D eigenvalue weighted by Gasteiger charge is -2.12. The molecule has 0 fully saturated rings. The summed E-state index contributed by atoms with van der Waals surface area (Å²) in [5.41, 5.74) is 7.20. The third-order valence-corrected chi connectivity index (χ3v) is 3.38. The zero-order chi connectivity index (χ0) is 13.0. The summed E-state index contributed by atoms with van der Waals surface area (Å²) in [5.74, 6) is 0.709. The van der Waals surface area contributed by atoms with E-state index in [1.54, 1.807) is 17.4 Å². The molecule has 0 spiro atoms. The van der Waals surface area contributed by atoms with Crippen LogP contribution in [0.1, 0.15) is 16.0 Å². The topological polar surface area (TPSA) is 67.8 Å². The summed E-state index contributed by atoms with van der Waals surface area (Å²) in [7, 11) is 0. The zero-order valence-corrected chi connectivity index (χ0v) is 10.8. The van der Waals surface area contributed by atoms with E-state index < -0.39 is 0 Å². The minimum absolute atomic E-state index is 0.0554. The van der Waals surface area contributed by atoms with Crippen LogP contribution in [-0.4, -0.2) is 11.0 Å². The lowest BCUT2D eigenvalue weighted by atomic mass is 10.1. The van der Waals surface area contributed by atoms with Gasteiger partial charge in [-0.3, -0.25) is 0 Å². The number of nitrogens with two attached hydrogens (primary N) is 1. The first kappa shape index (κ1) is 12.4. The highest BCUT2D eigenvalue weighted by molar-refractivity contribution is 7.09. The van der Waals surface area contributed by atoms with Crippen LogP contribution in [0.5, 0.6) is 5.75 Å². The minimum atomic E-state index is 0.0554. The van der Waals surface area contributed by atoms with Gasteiger partial charge in [0.25, 0.3) is 0 Å². The SMILES string of the molecule is Cc1cccc(/C(N)=N/O)c1OCc1cccs1. The Bertz CT molecular complexity index is 550. The Labute approximate surface area is 109 Å². The number of hydrogen-bond donors (Lipinski definition) is 2. The summed E-state index contributed by atoms with van der Waals surface area (Å²) in [4.78, 5) is 1.13. The summed E-state index contributed by atoms with van der Waals surface area (Å²) in [6, 6.07) is 9.53. The molecular weight excluding hydrogens is 248 g/mol. The molecule has 0 saturated carbocycles. The Kier molecular flexibility index (Phi) is 3.84. The molecule has 94 valence electrons. The van der Waals surface area contributed by atoms with Crippen molar-refractivity contribution in [2.75, 3.05) is 0 Å². The number of aryl methyl sites for hydroxylation is 1. The molecular formula is C13H14N2O2S. The largest absolute Gasteiger partial charge is 0.487 e. The normalized spacial score (nSPS) is 11.5. The summed E-state index contributed by atoms with van der Waals surface area (Å²) >= 11 is 1.63. The maximum atomic E-state index is 8.77. The second-order valence-corrected chi connectivity index (χ2v) is 4.84. The van der Waals surface area contributed by atoms with Gasteiger partial charge in [0.15, 0.2) is 5.84 Å². The fraction of sp³-hybridized carbons (Fsp3) is 0.154. The van der Waals surface area contributed by atoms with Gasteiger partial charge in [-0.2, -0.15) is 0 Å². The number of ether oxygens (including phenoxy) is 1. The van der Waals surface area contributed by atoms with Gasteiger partial charge < -0.3 is 15.7 Å². The third-order valence-electron chi connectivity index (χ3n) is 2.53. The maximum absolute atomic E-state index is 8.77. The Morgan fingerprint density at radius 3 is 2.89 bits per heavy atom. The van der Waals surface area contributed by atoms with Gasteiger partial charge in [-0.1, -0.05) is 23.4 Å². The average molecular weight is 262 g/mol. The van der Waals surface area contributed by atoms with Crippen LogP contribution in [0.4, 0.5) is 0 Å². The molecule has 18 heavy (non-hydrogen) atoms. The van der Waals surface area contributed by atoms with Crippen molar-refractivity contribution in [3.05, 3.63) is 51.7 Å². The van der Waals surface area contributed by atoms with Gasteiger partial charge in [0.1, 0.15) is 12.4 Å². The highest BCUT2D eigenvalue weighted by atomic mass is 32.1. The van der Waals surface area contributed by atoms with Gasteiger partial charge in [0.05, 0.1) is 5.56 Å². The molecule has 0 aliphatic carbocycles. The van der Waals surface area contributed by atoms with Gasteiger partial charge in [0.2, 0.25) is 0 Å². The molecule has 0 atom stereocenters. The first-order chi connectivity index (χ1) is 8.72. The van der Waals surface area contributed by atoms with E-state index in [2.05, 4.69) is 5.16 Å². The number of rotatable bonds is 4. The summed E-state index contributed by atoms with van der Waals surface area (Å²) in [6.45, 7) is 2.41. The predicted octanol–water partition coefficient (Wildman–Crippen LogP) is 2.73. The monoisotopic (exact) mass is 262 g/mol. The minimum Gasteiger partial charge on any atom is -0.487 e. The molecule has 0 aliphatic heterocycles. The number of amidine groups is 1. The van der Waals surface area contributed by atoms with Crippen molar-refractivity contribution in [1.82, 2.24) is 0 Å². The van der Waals surface area contributed by atoms with Gasteiger partial charge in [-0.05, 0) is 30.0 Å². The molecule has 0 radical (unpaired) electrons. The second kappa shape index (κ2) is 5.55. The van der Waals surface area contributed by atoms with Crippen molar-refractivity contribution >= 4 is 17.2 Å². The lowest BCUT2D eigenvalue weighted by Crippen LogP contribution is -2.15. The number of benzene rings is 1. The average Bonchev–Trinajstić information content (AvgIpc) is 2.89. The van der Waals surface area contributed by atoms with Crippen LogP contribution in [-0.2, 0) is 6.61 Å². The van der Waals surface area contributed by atoms with E-state index in [0.717, 1.165) is 10.4 Å². The molecule has 0 saturated heterocycles. The number of nitrogens with zero attached hydrogens (tertiary/aromatic N) is 1. The van der Waals surface area contributed by atoms with E-state index >= 15 is 0 Å². The molecule has 1 aromatic heterocycles. The van der Waals surface area contributed by atoms with Crippen molar-refractivity contribution in [2.45, 2.75) is 13.5 Å². The van der Waals surface area contributed by atoms with Crippen molar-refractivity contribution in [3.63, 3.8) is 0 Å². The highest BCUT2D eigenvalue weighted by Gasteiger charge is 2.11. The predicted molar refractivity (Wildman–Crippen MR) is 72.3 cm³/mol. The quantitative estimate of drug-likeness (QED) is 0.385. The fourth-order valence-electron chi connectivity index (χ4n) is 1.64. The van der Waals surface area contributed by atoms with Gasteiger partial charge in [-0.15, -0.1) is 11.3 Å². The number of hydrogen-bond acceptors (Lipinski definition) is 4. The van der Waals surface area contributed by atoms with E-state index in [4.69, 9.17) is 15.7 Å². The number of thiophene rings is 1. The molecule has 2 aromatic rings. The van der Waals surface area contributed by atoms with E-state index in [-0.39, 0.29) is 5.84 Å². The first-order valence-electron chi connectivity index (χ1n) is 5.45. The molecule has 0 unspecified atom stereocenters. The molecule has 0 aliphatic rings. The van der Waals surface area contributed by atoms with Gasteiger partial charge in [0, 0.05) is 4.88 Å². The molecule has 3 N–H and O–H groups in total. The zero-order valence-electron chi connectivity index (χ0n) is 9.96. The third kappa shape index (κ3) is 2.62. The van der Waals surface area contributed by atoms with Crippen LogP contribution >= 0.6 is 11.3 Å². The molecule has 5 heteroatoms. The second-order valence-electron chi connectivity index (χ2n) is 3.80. The Morgan fingerprint density at radius 2 is 2.22 bits per heavy atom. The van der Waals surface area contributed by atoms with Crippen molar-refractivity contribution in [2.24, 2.45) is 10.9 Å². The van der Waals surface area contributed by atoms with Crippen LogP contribution in [0.15, 0.2) is 40.9 Å². The van der Waals surface area contributed by atoms with E-state index in [0.29, 0.717) is 17.9 Å². The van der Waals surface area contributed by atoms with Gasteiger partial charge in [-0.25, -0.2) is 0 Å². The first-order valence-corrected chi connectivity index (χ1v) is 6.33. The van der Waals surface area contributed by atoms with Gasteiger partial charge >= 0.3 is 0 Å². The fourth-order valence-corrected chi connectivity index (χ4v) is 2.25. The molecule has 1 heterocycles. The summed E-state index contributed by atoms with van der Waals surface area (Å²) < 4.78 is 5.77. The Balaban J connectivity index is 2.25. The molecule has 0 bridgehead atoms. The maximum Gasteiger partial charge on any atom is 0.173 e. The van der Waals surface area contributed by atoms with Crippen molar-refractivity contribution < 1.29 is 9.94 Å². The number of oxime groups is 1. The van der Waals surface area contributed by atoms with E-state index in [9.17, 15) is 0 Å². The molecule has 4 nitrogen and oxygen atoms in total. The van der Waals surface area contributed by atoms with Crippen molar-refractivity contribution in [3.8, 4) is 5.75 Å². The lowest BCUT2D eigenvalue weighted by molar-refractivity contribution is 0.304. The van der Waals surface area contributed by atoms with Crippen LogP contribution in [0.2, 0.25) is 0 Å². The van der Waals surface area contributed by atoms with Crippen LogP contribution in [0, 0.1) is 6.92 Å². The smallest absolute Gasteiger partial charge is 0.173 e. The standard InChI is InChI=1S/C13H14N2O2S/c1-9-4-2-6-11(13(14)15-16)12(9)17-8-10-5-3-7-18-10/h2-7,16H,8H2,1H3,(H2,14,15). The summed E-state index contributed by atoms with van der Waals surface area (Å²) in [6.07, 6.45) is 0.